The fraction of sp³-hybridized carbons (Fsp3) is 0.545. The Bertz CT molecular complexity index is 1930. The molecule has 0 amide bonds. The van der Waals surface area contributed by atoms with Crippen molar-refractivity contribution >= 4 is 65.7 Å². The fourth-order valence-corrected chi connectivity index (χ4v) is 8.43. The molecule has 4 aliphatic rings. The number of alkyl halides is 2. The molecule has 7 rings (SSSR count). The molecule has 248 valence electrons. The Morgan fingerprint density at radius 3 is 2.15 bits per heavy atom. The number of aryl methyl sites for hydroxylation is 1. The predicted molar refractivity (Wildman–Crippen MR) is 158 cm³/mol. The molecule has 2 unspecified atom stereocenters. The van der Waals surface area contributed by atoms with Gasteiger partial charge in [-0.3, -0.25) is 27.8 Å². The number of fused-ring (bicyclic) bond motifs is 4. The number of nitrogens with zero attached hydrogens (tertiary/aromatic N) is 6. The van der Waals surface area contributed by atoms with Crippen molar-refractivity contribution in [1.82, 2.24) is 29.1 Å². The van der Waals surface area contributed by atoms with E-state index in [4.69, 9.17) is 56.9 Å². The number of aromatic amines is 1. The number of halogens is 2. The molecule has 0 radical (unpaired) electrons. The first-order valence-electron chi connectivity index (χ1n) is 13.5. The third-order valence-corrected chi connectivity index (χ3v) is 10.7. The van der Waals surface area contributed by atoms with Gasteiger partial charge in [-0.25, -0.2) is 28.7 Å². The minimum Gasteiger partial charge on any atom is -0.387 e. The summed E-state index contributed by atoms with van der Waals surface area (Å²) < 4.78 is 68.0. The van der Waals surface area contributed by atoms with Crippen LogP contribution in [0.25, 0.3) is 11.2 Å². The minimum absolute atomic E-state index is 0.00726. The summed E-state index contributed by atoms with van der Waals surface area (Å²) in [5, 5.41) is 0. The lowest BCUT2D eigenvalue weighted by atomic mass is 10.1. The van der Waals surface area contributed by atoms with Crippen LogP contribution in [0.1, 0.15) is 35.2 Å². The number of nitrogens with two attached hydrogens (primary N) is 1. The number of carbonyl (C=O) groups excluding carboxylic acids is 1. The number of rotatable bonds is 2. The number of hydrogen-bond acceptors (Lipinski definition) is 15. The number of carbonyl (C=O) groups is 1. The summed E-state index contributed by atoms with van der Waals surface area (Å²) in [6.45, 7) is -8.41. The average Bonchev–Trinajstić information content (AvgIpc) is 3.72. The van der Waals surface area contributed by atoms with Crippen molar-refractivity contribution in [3.63, 3.8) is 0 Å². The highest BCUT2D eigenvalue weighted by molar-refractivity contribution is 8.07. The van der Waals surface area contributed by atoms with E-state index in [0.29, 0.717) is 0 Å². The largest absolute Gasteiger partial charge is 0.387 e. The molecule has 0 aliphatic carbocycles. The van der Waals surface area contributed by atoms with Gasteiger partial charge in [-0.1, -0.05) is 0 Å². The van der Waals surface area contributed by atoms with E-state index in [1.165, 1.54) is 6.92 Å². The van der Waals surface area contributed by atoms with Crippen LogP contribution >= 0.6 is 13.4 Å². The van der Waals surface area contributed by atoms with Crippen molar-refractivity contribution in [2.45, 2.75) is 62.6 Å². The molecule has 3 saturated heterocycles. The Morgan fingerprint density at radius 1 is 0.978 bits per heavy atom. The van der Waals surface area contributed by atoms with E-state index in [1.54, 1.807) is 0 Å². The molecule has 24 heteroatoms. The number of hydrogen-bond donors (Lipinski definition) is 4. The fourth-order valence-electron chi connectivity index (χ4n) is 5.55. The highest BCUT2D eigenvalue weighted by Crippen LogP contribution is 2.54. The summed E-state index contributed by atoms with van der Waals surface area (Å²) in [6, 6.07) is 0. The Hall–Kier alpha value is -2.46. The molecule has 10 atom stereocenters. The SMILES string of the molecule is Cc1nc2c(ncn2[C@@H]2O[C@@H]3COP(O)(=S)O[C@H]4[C@@H](F)[C@H](n5cnc6c5N=C(N)CC6=O)O[C@@H]4COP(O)(=S)O[C@H]3[C@H]2F)c(=O)[nH]1. The number of Topliss-reactive ketones (excluding diaryl/α,β-unsaturated/α-hetero) is 1. The van der Waals surface area contributed by atoms with Gasteiger partial charge in [0.05, 0.1) is 32.3 Å². The van der Waals surface area contributed by atoms with Crippen molar-refractivity contribution in [2.75, 3.05) is 13.2 Å². The second-order valence-electron chi connectivity index (χ2n) is 10.7. The zero-order valence-corrected chi connectivity index (χ0v) is 26.7. The van der Waals surface area contributed by atoms with Crippen LogP contribution in [0.2, 0.25) is 0 Å². The third-order valence-electron chi connectivity index (χ3n) is 7.57. The predicted octanol–water partition coefficient (Wildman–Crippen LogP) is 0.622. The molecule has 3 fully saturated rings. The molecular weight excluding hydrogens is 700 g/mol. The number of aromatic nitrogens is 6. The first kappa shape index (κ1) is 32.1. The maximum Gasteiger partial charge on any atom is 0.325 e. The molecule has 0 saturated carbocycles. The van der Waals surface area contributed by atoms with Gasteiger partial charge in [-0.15, -0.1) is 0 Å². The summed E-state index contributed by atoms with van der Waals surface area (Å²) >= 11 is 10.3. The number of ether oxygens (including phenoxy) is 2. The number of H-pyrrole nitrogens is 1. The van der Waals surface area contributed by atoms with Crippen molar-refractivity contribution < 1.29 is 50.9 Å². The standard InChI is InChI=1S/C22H24F2N8O10P2S2/c1-7-28-19-15(20(34)29-7)27-6-32(19)22-13(24)17-10(40-22)4-38-43(35,45)41-16-9(3-37-44(36,46)42-17)39-21(12(16)23)31-5-26-14-8(33)2-11(25)30-18(14)31/h5-6,9-10,12-13,16-17,21-22H,2-4H2,1H3,(H2,25,30)(H,35,45)(H,36,46)(H,28,29,34)/t9-,10-,12-,13-,16-,17-,21-,22-,43?,44?/m1/s1. The van der Waals surface area contributed by atoms with Crippen LogP contribution in [0.3, 0.4) is 0 Å². The zero-order valence-electron chi connectivity index (χ0n) is 23.3. The van der Waals surface area contributed by atoms with Gasteiger partial charge in [-0.2, -0.15) is 0 Å². The van der Waals surface area contributed by atoms with Crippen molar-refractivity contribution in [1.29, 1.82) is 0 Å². The van der Waals surface area contributed by atoms with Gasteiger partial charge in [0.2, 0.25) is 0 Å². The highest BCUT2D eigenvalue weighted by atomic mass is 32.5. The summed E-state index contributed by atoms with van der Waals surface area (Å²) in [5.74, 6) is -0.265. The third kappa shape index (κ3) is 5.69. The Morgan fingerprint density at radius 2 is 1.54 bits per heavy atom. The van der Waals surface area contributed by atoms with Gasteiger partial charge in [0, 0.05) is 0 Å². The topological polar surface area (TPSA) is 233 Å². The summed E-state index contributed by atoms with van der Waals surface area (Å²) in [6.07, 6.45) is -11.1. The second kappa shape index (κ2) is 11.6. The van der Waals surface area contributed by atoms with E-state index < -0.39 is 87.2 Å². The lowest BCUT2D eigenvalue weighted by molar-refractivity contribution is -0.0586. The summed E-state index contributed by atoms with van der Waals surface area (Å²) in [7, 11) is 0. The molecule has 0 spiro atoms. The van der Waals surface area contributed by atoms with E-state index in [2.05, 4.69) is 24.9 Å². The van der Waals surface area contributed by atoms with Gasteiger partial charge < -0.3 is 39.0 Å². The molecule has 0 bridgehead atoms. The molecule has 0 aromatic carbocycles. The normalized spacial score (nSPS) is 38.5. The summed E-state index contributed by atoms with van der Waals surface area (Å²) in [5.41, 5.74) is 5.07. The Labute approximate surface area is 266 Å². The first-order chi connectivity index (χ1) is 21.7. The quantitative estimate of drug-likeness (QED) is 0.265. The zero-order chi connectivity index (χ0) is 32.7. The average molecular weight is 725 g/mol. The minimum atomic E-state index is -4.31. The maximum absolute atomic E-state index is 16.0. The molecule has 3 aromatic heterocycles. The van der Waals surface area contributed by atoms with Crippen molar-refractivity contribution in [2.24, 2.45) is 10.7 Å². The van der Waals surface area contributed by atoms with Crippen molar-refractivity contribution in [3.05, 3.63) is 34.5 Å². The number of aliphatic imine (C=N–C) groups is 1. The number of amidine groups is 1. The lowest BCUT2D eigenvalue weighted by Crippen LogP contribution is -2.37. The molecular formula is C22H24F2N8O10P2S2. The van der Waals surface area contributed by atoms with E-state index in [-0.39, 0.29) is 40.8 Å². The van der Waals surface area contributed by atoms with Crippen LogP contribution in [-0.2, 0) is 51.2 Å². The van der Waals surface area contributed by atoms with E-state index >= 15 is 8.78 Å². The van der Waals surface area contributed by atoms with Gasteiger partial charge in [-0.05, 0) is 30.5 Å². The molecule has 4 aliphatic heterocycles. The molecule has 5 N–H and O–H groups in total. The molecule has 46 heavy (non-hydrogen) atoms. The maximum atomic E-state index is 16.0. The molecule has 3 aromatic rings. The van der Waals surface area contributed by atoms with Crippen LogP contribution in [0.5, 0.6) is 0 Å². The van der Waals surface area contributed by atoms with E-state index in [1.807, 2.05) is 0 Å². The van der Waals surface area contributed by atoms with Crippen LogP contribution in [0.4, 0.5) is 14.6 Å². The monoisotopic (exact) mass is 724 g/mol. The van der Waals surface area contributed by atoms with Gasteiger partial charge in [0.15, 0.2) is 53.3 Å². The van der Waals surface area contributed by atoms with Gasteiger partial charge in [0.1, 0.15) is 36.1 Å². The second-order valence-corrected chi connectivity index (χ2v) is 16.3. The Kier molecular flexibility index (Phi) is 8.10. The first-order valence-corrected chi connectivity index (χ1v) is 18.7. The van der Waals surface area contributed by atoms with Gasteiger partial charge in [0.25, 0.3) is 5.56 Å². The van der Waals surface area contributed by atoms with Crippen LogP contribution in [0.15, 0.2) is 22.4 Å². The van der Waals surface area contributed by atoms with E-state index in [9.17, 15) is 19.4 Å². The summed E-state index contributed by atoms with van der Waals surface area (Å²) in [4.78, 5) is 65.3. The van der Waals surface area contributed by atoms with Crippen molar-refractivity contribution in [3.8, 4) is 0 Å². The lowest BCUT2D eigenvalue weighted by Gasteiger charge is -2.29. The number of nitrogens with one attached hydrogen (secondary N) is 1. The van der Waals surface area contributed by atoms with Crippen LogP contribution in [0, 0.1) is 6.92 Å². The molecule has 18 nitrogen and oxygen atoms in total. The van der Waals surface area contributed by atoms with E-state index in [0.717, 1.165) is 21.8 Å². The number of ketones is 1. The number of imidazole rings is 2. The molecule has 7 heterocycles. The highest BCUT2D eigenvalue weighted by Gasteiger charge is 2.54. The van der Waals surface area contributed by atoms with Gasteiger partial charge >= 0.3 is 13.4 Å². The Balaban J connectivity index is 1.16. The smallest absolute Gasteiger partial charge is 0.325 e. The van der Waals surface area contributed by atoms with Crippen LogP contribution in [-0.4, -0.2) is 100 Å². The van der Waals surface area contributed by atoms with Crippen LogP contribution < -0.4 is 11.3 Å².